The van der Waals surface area contributed by atoms with Gasteiger partial charge in [0.2, 0.25) is 0 Å². The second kappa shape index (κ2) is 3.86. The highest BCUT2D eigenvalue weighted by atomic mass is 32.2. The Labute approximate surface area is 103 Å². The number of halogens is 3. The monoisotopic (exact) mass is 286 g/mol. The molecule has 0 bridgehead atoms. The van der Waals surface area contributed by atoms with Gasteiger partial charge in [-0.2, -0.15) is 21.6 Å². The van der Waals surface area contributed by atoms with E-state index in [1.807, 2.05) is 6.92 Å². The molecule has 2 aliphatic rings. The molecule has 3 atom stereocenters. The molecule has 4 nitrogen and oxygen atoms in total. The molecule has 0 radical (unpaired) electrons. The summed E-state index contributed by atoms with van der Waals surface area (Å²) in [5.41, 5.74) is -5.62. The number of ether oxygens (including phenoxy) is 1. The maximum absolute atomic E-state index is 12.1. The van der Waals surface area contributed by atoms with E-state index in [0.29, 0.717) is 19.3 Å². The summed E-state index contributed by atoms with van der Waals surface area (Å²) in [5, 5.41) is 0. The van der Waals surface area contributed by atoms with Crippen LogP contribution in [0.25, 0.3) is 0 Å². The first-order valence-corrected chi connectivity index (χ1v) is 6.83. The number of epoxide rings is 1. The fourth-order valence-corrected chi connectivity index (χ4v) is 2.71. The SMILES string of the molecule is C=C(OS(=O)(=O)C(F)(F)F)[C@H]1CCC2(C)OC2C1. The first-order valence-electron chi connectivity index (χ1n) is 5.42. The predicted octanol–water partition coefficient (Wildman–Crippen LogP) is 2.32. The van der Waals surface area contributed by atoms with Crippen molar-refractivity contribution in [1.82, 2.24) is 0 Å². The molecule has 1 heterocycles. The number of hydrogen-bond acceptors (Lipinski definition) is 4. The van der Waals surface area contributed by atoms with E-state index in [4.69, 9.17) is 4.74 Å². The Kier molecular flexibility index (Phi) is 2.93. The Morgan fingerprint density at radius 1 is 1.50 bits per heavy atom. The molecule has 0 spiro atoms. The number of alkyl halides is 3. The zero-order valence-electron chi connectivity index (χ0n) is 9.66. The lowest BCUT2D eigenvalue weighted by atomic mass is 9.82. The van der Waals surface area contributed by atoms with Gasteiger partial charge in [-0.1, -0.05) is 6.58 Å². The lowest BCUT2D eigenvalue weighted by Gasteiger charge is -2.24. The first-order chi connectivity index (χ1) is 8.05. The molecule has 1 saturated carbocycles. The standard InChI is InChI=1S/C10H13F3O4S/c1-6(17-18(14,15)10(11,12)13)7-3-4-9(2)8(5-7)16-9/h7-8H,1,3-5H2,2H3/t7-,8?,9?/m0/s1. The van der Waals surface area contributed by atoms with Gasteiger partial charge in [0.15, 0.2) is 0 Å². The van der Waals surface area contributed by atoms with Crippen molar-refractivity contribution in [3.8, 4) is 0 Å². The van der Waals surface area contributed by atoms with E-state index in [1.165, 1.54) is 0 Å². The fourth-order valence-electron chi connectivity index (χ4n) is 2.19. The third-order valence-electron chi connectivity index (χ3n) is 3.48. The van der Waals surface area contributed by atoms with Crippen molar-refractivity contribution < 1.29 is 30.5 Å². The van der Waals surface area contributed by atoms with Crippen LogP contribution in [0.4, 0.5) is 13.2 Å². The maximum atomic E-state index is 12.1. The van der Waals surface area contributed by atoms with Crippen LogP contribution in [-0.2, 0) is 19.0 Å². The molecule has 8 heteroatoms. The van der Waals surface area contributed by atoms with Crippen molar-refractivity contribution in [1.29, 1.82) is 0 Å². The van der Waals surface area contributed by atoms with Gasteiger partial charge in [0.05, 0.1) is 11.7 Å². The Bertz CT molecular complexity index is 470. The zero-order chi connectivity index (χ0) is 13.8. The highest BCUT2D eigenvalue weighted by molar-refractivity contribution is 7.87. The minimum Gasteiger partial charge on any atom is -0.381 e. The molecule has 0 aromatic carbocycles. The smallest absolute Gasteiger partial charge is 0.381 e. The van der Waals surface area contributed by atoms with Crippen LogP contribution in [-0.4, -0.2) is 25.6 Å². The molecule has 2 rings (SSSR count). The van der Waals surface area contributed by atoms with Crippen molar-refractivity contribution >= 4 is 10.1 Å². The van der Waals surface area contributed by atoms with Gasteiger partial charge in [-0.3, -0.25) is 0 Å². The Hall–Kier alpha value is -0.760. The van der Waals surface area contributed by atoms with Crippen molar-refractivity contribution in [2.75, 3.05) is 0 Å². The number of fused-ring (bicyclic) bond motifs is 1. The van der Waals surface area contributed by atoms with Gasteiger partial charge in [0.25, 0.3) is 0 Å². The number of allylic oxidation sites excluding steroid dienone is 1. The van der Waals surface area contributed by atoms with Gasteiger partial charge in [-0.25, -0.2) is 0 Å². The van der Waals surface area contributed by atoms with Gasteiger partial charge in [0.1, 0.15) is 5.76 Å². The van der Waals surface area contributed by atoms with E-state index >= 15 is 0 Å². The van der Waals surface area contributed by atoms with E-state index in [9.17, 15) is 21.6 Å². The molecular weight excluding hydrogens is 273 g/mol. The summed E-state index contributed by atoms with van der Waals surface area (Å²) in [5.74, 6) is -0.771. The number of hydrogen-bond donors (Lipinski definition) is 0. The van der Waals surface area contributed by atoms with Crippen molar-refractivity contribution in [2.45, 2.75) is 43.4 Å². The van der Waals surface area contributed by atoms with Gasteiger partial charge in [0, 0.05) is 5.92 Å². The van der Waals surface area contributed by atoms with Crippen LogP contribution in [0.15, 0.2) is 12.3 Å². The Morgan fingerprint density at radius 2 is 2.11 bits per heavy atom. The molecular formula is C10H13F3O4S. The van der Waals surface area contributed by atoms with Gasteiger partial charge in [-0.05, 0) is 26.2 Å². The van der Waals surface area contributed by atoms with E-state index in [-0.39, 0.29) is 17.5 Å². The van der Waals surface area contributed by atoms with E-state index in [2.05, 4.69) is 10.8 Å². The molecule has 2 fully saturated rings. The van der Waals surface area contributed by atoms with Crippen LogP contribution in [0.2, 0.25) is 0 Å². The topological polar surface area (TPSA) is 55.9 Å². The molecule has 0 N–H and O–H groups in total. The van der Waals surface area contributed by atoms with Crippen LogP contribution < -0.4 is 0 Å². The molecule has 1 saturated heterocycles. The molecule has 104 valence electrons. The lowest BCUT2D eigenvalue weighted by molar-refractivity contribution is -0.0527. The zero-order valence-corrected chi connectivity index (χ0v) is 10.5. The normalized spacial score (nSPS) is 35.8. The summed E-state index contributed by atoms with van der Waals surface area (Å²) in [7, 11) is -5.61. The molecule has 0 aromatic rings. The van der Waals surface area contributed by atoms with E-state index in [0.717, 1.165) is 0 Å². The summed E-state index contributed by atoms with van der Waals surface area (Å²) >= 11 is 0. The van der Waals surface area contributed by atoms with E-state index < -0.39 is 21.5 Å². The summed E-state index contributed by atoms with van der Waals surface area (Å²) < 4.78 is 67.4. The lowest BCUT2D eigenvalue weighted by Crippen LogP contribution is -2.28. The second-order valence-corrected chi connectivity index (χ2v) is 6.38. The highest BCUT2D eigenvalue weighted by Crippen LogP contribution is 2.50. The maximum Gasteiger partial charge on any atom is 0.534 e. The average Bonchev–Trinajstić information content (AvgIpc) is 2.85. The molecule has 18 heavy (non-hydrogen) atoms. The van der Waals surface area contributed by atoms with Crippen molar-refractivity contribution in [2.24, 2.45) is 5.92 Å². The quantitative estimate of drug-likeness (QED) is 0.346. The predicted molar refractivity (Wildman–Crippen MR) is 55.8 cm³/mol. The number of rotatable bonds is 3. The minimum atomic E-state index is -5.61. The fraction of sp³-hybridized carbons (Fsp3) is 0.800. The van der Waals surface area contributed by atoms with Crippen LogP contribution in [0.5, 0.6) is 0 Å². The van der Waals surface area contributed by atoms with Crippen LogP contribution in [0.3, 0.4) is 0 Å². The third-order valence-corrected chi connectivity index (χ3v) is 4.48. The van der Waals surface area contributed by atoms with Gasteiger partial charge >= 0.3 is 15.6 Å². The van der Waals surface area contributed by atoms with Crippen LogP contribution in [0, 0.1) is 5.92 Å². The Morgan fingerprint density at radius 3 is 2.61 bits per heavy atom. The molecule has 1 aliphatic carbocycles. The third kappa shape index (κ3) is 2.35. The molecule has 2 unspecified atom stereocenters. The van der Waals surface area contributed by atoms with Crippen molar-refractivity contribution in [3.05, 3.63) is 12.3 Å². The summed E-state index contributed by atoms with van der Waals surface area (Å²) in [6.07, 6.45) is 1.59. The van der Waals surface area contributed by atoms with Crippen LogP contribution in [0.1, 0.15) is 26.2 Å². The van der Waals surface area contributed by atoms with Gasteiger partial charge < -0.3 is 8.92 Å². The van der Waals surface area contributed by atoms with Gasteiger partial charge in [-0.15, -0.1) is 0 Å². The molecule has 1 aliphatic heterocycles. The second-order valence-electron chi connectivity index (χ2n) is 4.84. The highest BCUT2D eigenvalue weighted by Gasteiger charge is 2.56. The average molecular weight is 286 g/mol. The molecule has 0 amide bonds. The van der Waals surface area contributed by atoms with Crippen molar-refractivity contribution in [3.63, 3.8) is 0 Å². The summed E-state index contributed by atoms with van der Waals surface area (Å²) in [6, 6.07) is 0. The first kappa shape index (κ1) is 13.7. The van der Waals surface area contributed by atoms with E-state index in [1.54, 1.807) is 0 Å². The summed E-state index contributed by atoms with van der Waals surface area (Å²) in [4.78, 5) is 0. The minimum absolute atomic E-state index is 0.0369. The van der Waals surface area contributed by atoms with Crippen LogP contribution >= 0.6 is 0 Å². The summed E-state index contributed by atoms with van der Waals surface area (Å²) in [6.45, 7) is 5.22. The molecule has 0 aromatic heterocycles. The Balaban J connectivity index is 1.98. The largest absolute Gasteiger partial charge is 0.534 e.